The lowest BCUT2D eigenvalue weighted by Crippen LogP contribution is -2.44. The summed E-state index contributed by atoms with van der Waals surface area (Å²) in [6.45, 7) is 3.50. The molecule has 1 aromatic heterocycles. The van der Waals surface area contributed by atoms with E-state index in [9.17, 15) is 4.79 Å². The van der Waals surface area contributed by atoms with Crippen LogP contribution in [0.15, 0.2) is 12.1 Å². The van der Waals surface area contributed by atoms with E-state index in [2.05, 4.69) is 9.88 Å². The third-order valence-corrected chi connectivity index (χ3v) is 3.67. The number of esters is 1. The van der Waals surface area contributed by atoms with Gasteiger partial charge in [0, 0.05) is 24.4 Å². The molecule has 1 aliphatic heterocycles. The Morgan fingerprint density at radius 2 is 2.20 bits per heavy atom. The molecule has 0 spiro atoms. The van der Waals surface area contributed by atoms with Crippen LogP contribution >= 0.6 is 0 Å². The van der Waals surface area contributed by atoms with Gasteiger partial charge in [-0.2, -0.15) is 0 Å². The van der Waals surface area contributed by atoms with Crippen LogP contribution in [0.4, 0.5) is 0 Å². The van der Waals surface area contributed by atoms with Crippen LogP contribution in [-0.4, -0.2) is 42.7 Å². The van der Waals surface area contributed by atoms with E-state index in [0.717, 1.165) is 42.9 Å². The monoisotopic (exact) mass is 278 g/mol. The van der Waals surface area contributed by atoms with Crippen molar-refractivity contribution < 1.29 is 14.3 Å². The maximum atomic E-state index is 11.8. The summed E-state index contributed by atoms with van der Waals surface area (Å²) in [5.74, 6) is 0.656. The Balaban J connectivity index is 2.14. The first kappa shape index (κ1) is 14.8. The number of nitrogens with zero attached hydrogens (tertiary/aromatic N) is 2. The molecule has 5 nitrogen and oxygen atoms in total. The highest BCUT2D eigenvalue weighted by atomic mass is 16.5. The molecule has 1 atom stereocenters. The van der Waals surface area contributed by atoms with E-state index in [4.69, 9.17) is 9.47 Å². The van der Waals surface area contributed by atoms with Gasteiger partial charge in [-0.3, -0.25) is 14.7 Å². The first-order chi connectivity index (χ1) is 9.63. The number of ether oxygens (including phenoxy) is 2. The minimum absolute atomic E-state index is 0.149. The molecule has 0 aromatic carbocycles. The van der Waals surface area contributed by atoms with Gasteiger partial charge in [0.1, 0.15) is 11.8 Å². The van der Waals surface area contributed by atoms with Gasteiger partial charge in [0.15, 0.2) is 0 Å². The Morgan fingerprint density at radius 1 is 1.40 bits per heavy atom. The van der Waals surface area contributed by atoms with E-state index in [0.29, 0.717) is 6.54 Å². The minimum Gasteiger partial charge on any atom is -0.497 e. The lowest BCUT2D eigenvalue weighted by molar-refractivity contribution is -0.148. The van der Waals surface area contributed by atoms with Crippen LogP contribution in [0.1, 0.15) is 30.7 Å². The van der Waals surface area contributed by atoms with Gasteiger partial charge in [-0.15, -0.1) is 0 Å². The molecule has 5 heteroatoms. The molecule has 2 heterocycles. The number of hydrogen-bond acceptors (Lipinski definition) is 5. The highest BCUT2D eigenvalue weighted by molar-refractivity contribution is 5.75. The van der Waals surface area contributed by atoms with Crippen molar-refractivity contribution in [2.24, 2.45) is 0 Å². The lowest BCUT2D eigenvalue weighted by atomic mass is 10.0. The van der Waals surface area contributed by atoms with Crippen molar-refractivity contribution in [3.05, 3.63) is 23.5 Å². The van der Waals surface area contributed by atoms with Crippen molar-refractivity contribution in [1.29, 1.82) is 0 Å². The molecule has 0 radical (unpaired) electrons. The van der Waals surface area contributed by atoms with E-state index in [1.165, 1.54) is 7.11 Å². The Morgan fingerprint density at radius 3 is 2.90 bits per heavy atom. The number of methoxy groups -OCH3 is 2. The highest BCUT2D eigenvalue weighted by Gasteiger charge is 2.29. The first-order valence-electron chi connectivity index (χ1n) is 6.97. The smallest absolute Gasteiger partial charge is 0.323 e. The second-order valence-corrected chi connectivity index (χ2v) is 5.14. The largest absolute Gasteiger partial charge is 0.497 e. The van der Waals surface area contributed by atoms with Gasteiger partial charge >= 0.3 is 5.97 Å². The number of aryl methyl sites for hydroxylation is 1. The average molecular weight is 278 g/mol. The summed E-state index contributed by atoms with van der Waals surface area (Å²) in [4.78, 5) is 18.5. The summed E-state index contributed by atoms with van der Waals surface area (Å²) in [5, 5.41) is 0. The molecule has 2 rings (SSSR count). The maximum Gasteiger partial charge on any atom is 0.323 e. The second-order valence-electron chi connectivity index (χ2n) is 5.14. The molecule has 0 N–H and O–H groups in total. The van der Waals surface area contributed by atoms with Gasteiger partial charge in [0.05, 0.1) is 19.9 Å². The summed E-state index contributed by atoms with van der Waals surface area (Å²) >= 11 is 0. The van der Waals surface area contributed by atoms with Crippen molar-refractivity contribution in [1.82, 2.24) is 9.88 Å². The lowest BCUT2D eigenvalue weighted by Gasteiger charge is -2.33. The molecular weight excluding hydrogens is 256 g/mol. The van der Waals surface area contributed by atoms with Crippen LogP contribution < -0.4 is 4.74 Å². The van der Waals surface area contributed by atoms with Gasteiger partial charge in [-0.25, -0.2) is 0 Å². The average Bonchev–Trinajstić information content (AvgIpc) is 2.46. The molecule has 0 bridgehead atoms. The third kappa shape index (κ3) is 3.48. The predicted octanol–water partition coefficient (Wildman–Crippen LogP) is 1.93. The van der Waals surface area contributed by atoms with Crippen molar-refractivity contribution in [3.63, 3.8) is 0 Å². The molecule has 1 aliphatic rings. The highest BCUT2D eigenvalue weighted by Crippen LogP contribution is 2.22. The molecular formula is C15H22N2O3. The Hall–Kier alpha value is -1.62. The summed E-state index contributed by atoms with van der Waals surface area (Å²) < 4.78 is 10.2. The third-order valence-electron chi connectivity index (χ3n) is 3.67. The normalized spacial score (nSPS) is 19.6. The van der Waals surface area contributed by atoms with Crippen molar-refractivity contribution in [2.45, 2.75) is 38.8 Å². The Bertz CT molecular complexity index is 476. The first-order valence-corrected chi connectivity index (χ1v) is 6.97. The minimum atomic E-state index is -0.151. The number of carbonyl (C=O) groups excluding carboxylic acids is 1. The van der Waals surface area contributed by atoms with Crippen LogP contribution in [0, 0.1) is 6.92 Å². The van der Waals surface area contributed by atoms with Crippen LogP contribution in [0.25, 0.3) is 0 Å². The molecule has 0 aliphatic carbocycles. The summed E-state index contributed by atoms with van der Waals surface area (Å²) in [6.07, 6.45) is 3.03. The van der Waals surface area contributed by atoms with E-state index >= 15 is 0 Å². The molecule has 110 valence electrons. The van der Waals surface area contributed by atoms with E-state index < -0.39 is 0 Å². The number of pyridine rings is 1. The zero-order valence-corrected chi connectivity index (χ0v) is 12.4. The quantitative estimate of drug-likeness (QED) is 0.788. The standard InChI is InChI=1S/C15H22N2O3/c1-11-8-13(19-2)9-12(16-11)10-17-7-5-4-6-14(17)15(18)20-3/h8-9,14H,4-7,10H2,1-3H3. The SMILES string of the molecule is COC(=O)C1CCCCN1Cc1cc(OC)cc(C)n1. The Labute approximate surface area is 119 Å². The van der Waals surface area contributed by atoms with Crippen LogP contribution in [0.3, 0.4) is 0 Å². The van der Waals surface area contributed by atoms with Gasteiger partial charge in [0.25, 0.3) is 0 Å². The molecule has 0 amide bonds. The fraction of sp³-hybridized carbons (Fsp3) is 0.600. The summed E-state index contributed by atoms with van der Waals surface area (Å²) in [6, 6.07) is 3.68. The number of likely N-dealkylation sites (tertiary alicyclic amines) is 1. The van der Waals surface area contributed by atoms with E-state index in [1.54, 1.807) is 7.11 Å². The molecule has 1 unspecified atom stereocenters. The number of aromatic nitrogens is 1. The fourth-order valence-electron chi connectivity index (χ4n) is 2.69. The number of rotatable bonds is 4. The summed E-state index contributed by atoms with van der Waals surface area (Å²) in [7, 11) is 3.10. The fourth-order valence-corrected chi connectivity index (χ4v) is 2.69. The van der Waals surface area contributed by atoms with Crippen LogP contribution in [0.2, 0.25) is 0 Å². The summed E-state index contributed by atoms with van der Waals surface area (Å²) in [5.41, 5.74) is 1.85. The number of piperidine rings is 1. The van der Waals surface area contributed by atoms with Gasteiger partial charge < -0.3 is 9.47 Å². The zero-order valence-electron chi connectivity index (χ0n) is 12.4. The van der Waals surface area contributed by atoms with E-state index in [-0.39, 0.29) is 12.0 Å². The molecule has 20 heavy (non-hydrogen) atoms. The van der Waals surface area contributed by atoms with Gasteiger partial charge in [0.2, 0.25) is 0 Å². The molecule has 1 fully saturated rings. The molecule has 1 saturated heterocycles. The Kier molecular flexibility index (Phi) is 4.95. The molecule has 0 saturated carbocycles. The molecule has 1 aromatic rings. The van der Waals surface area contributed by atoms with Crippen LogP contribution in [-0.2, 0) is 16.1 Å². The van der Waals surface area contributed by atoms with E-state index in [1.807, 2.05) is 19.1 Å². The van der Waals surface area contributed by atoms with Crippen LogP contribution in [0.5, 0.6) is 5.75 Å². The second kappa shape index (κ2) is 6.70. The number of hydrogen-bond donors (Lipinski definition) is 0. The topological polar surface area (TPSA) is 51.7 Å². The predicted molar refractivity (Wildman–Crippen MR) is 75.6 cm³/mol. The van der Waals surface area contributed by atoms with Crippen molar-refractivity contribution in [3.8, 4) is 5.75 Å². The van der Waals surface area contributed by atoms with Gasteiger partial charge in [-0.05, 0) is 26.3 Å². The van der Waals surface area contributed by atoms with Crippen molar-refractivity contribution in [2.75, 3.05) is 20.8 Å². The van der Waals surface area contributed by atoms with Gasteiger partial charge in [-0.1, -0.05) is 6.42 Å². The maximum absolute atomic E-state index is 11.8. The van der Waals surface area contributed by atoms with Crippen molar-refractivity contribution >= 4 is 5.97 Å². The zero-order chi connectivity index (χ0) is 14.5. The number of carbonyl (C=O) groups is 1.